The lowest BCUT2D eigenvalue weighted by Crippen LogP contribution is -2.35. The number of halogens is 1. The molecule has 0 bridgehead atoms. The predicted octanol–water partition coefficient (Wildman–Crippen LogP) is 2.93. The van der Waals surface area contributed by atoms with Gasteiger partial charge in [-0.3, -0.25) is 9.88 Å². The number of pyridine rings is 2. The van der Waals surface area contributed by atoms with Gasteiger partial charge in [0.25, 0.3) is 0 Å². The van der Waals surface area contributed by atoms with E-state index in [9.17, 15) is 9.65 Å². The minimum Gasteiger partial charge on any atom is -0.379 e. The highest BCUT2D eigenvalue weighted by Crippen LogP contribution is 2.27. The Bertz CT molecular complexity index is 1180. The summed E-state index contributed by atoms with van der Waals surface area (Å²) in [5.41, 5.74) is 3.83. The number of nitrogens with one attached hydrogen (secondary N) is 1. The highest BCUT2D eigenvalue weighted by atomic mass is 19.1. The van der Waals surface area contributed by atoms with Gasteiger partial charge in [0.05, 0.1) is 47.9 Å². The van der Waals surface area contributed by atoms with E-state index in [4.69, 9.17) is 4.74 Å². The molecule has 34 heavy (non-hydrogen) atoms. The van der Waals surface area contributed by atoms with Gasteiger partial charge in [-0.05, 0) is 36.8 Å². The molecule has 2 aliphatic rings. The first-order valence-electron chi connectivity index (χ1n) is 11.3. The number of ether oxygens (including phenoxy) is 1. The number of nitriles is 1. The molecule has 10 heteroatoms. The molecule has 9 nitrogen and oxygen atoms in total. The number of aromatic nitrogens is 4. The summed E-state index contributed by atoms with van der Waals surface area (Å²) in [5.74, 6) is 0.407. The average molecular weight is 461 g/mol. The second kappa shape index (κ2) is 10.1. The first-order chi connectivity index (χ1) is 16.7. The molecule has 2 saturated heterocycles. The number of alkyl halides is 1. The minimum absolute atomic E-state index is 0.264. The van der Waals surface area contributed by atoms with Crippen LogP contribution in [0.2, 0.25) is 0 Å². The summed E-state index contributed by atoms with van der Waals surface area (Å²) in [7, 11) is 0. The molecule has 0 spiro atoms. The summed E-state index contributed by atoms with van der Waals surface area (Å²) in [6, 6.07) is 11.4. The SMILES string of the molecule is N#Cc1nc(-c2ccnc(Nc3ccc(CN4CCOCC4)nc3)n2)ccc1N1CCC(F)C1. The molecule has 1 atom stereocenters. The minimum atomic E-state index is -0.871. The van der Waals surface area contributed by atoms with Gasteiger partial charge in [-0.2, -0.15) is 5.26 Å². The van der Waals surface area contributed by atoms with Gasteiger partial charge in [0.1, 0.15) is 12.2 Å². The van der Waals surface area contributed by atoms with Crippen molar-refractivity contribution in [2.75, 3.05) is 49.6 Å². The largest absolute Gasteiger partial charge is 0.379 e. The molecule has 0 aliphatic carbocycles. The first kappa shape index (κ1) is 22.1. The fourth-order valence-corrected chi connectivity index (χ4v) is 4.14. The lowest BCUT2D eigenvalue weighted by Gasteiger charge is -2.26. The van der Waals surface area contributed by atoms with Crippen LogP contribution in [0.15, 0.2) is 42.7 Å². The average Bonchev–Trinajstić information content (AvgIpc) is 3.31. The van der Waals surface area contributed by atoms with E-state index in [1.807, 2.05) is 23.1 Å². The molecule has 1 unspecified atom stereocenters. The smallest absolute Gasteiger partial charge is 0.227 e. The molecular weight excluding hydrogens is 435 g/mol. The third-order valence-electron chi connectivity index (χ3n) is 5.94. The number of rotatable bonds is 6. The lowest BCUT2D eigenvalue weighted by molar-refractivity contribution is 0.0336. The number of hydrogen-bond donors (Lipinski definition) is 1. The van der Waals surface area contributed by atoms with Crippen LogP contribution in [-0.2, 0) is 11.3 Å². The quantitative estimate of drug-likeness (QED) is 0.595. The van der Waals surface area contributed by atoms with Gasteiger partial charge < -0.3 is 15.0 Å². The standard InChI is InChI=1S/C24H25FN8O/c25-17-6-8-33(15-17)23-4-3-20(30-22(23)13-26)21-5-7-27-24(31-21)29-18-1-2-19(28-14-18)16-32-9-11-34-12-10-32/h1-5,7,14,17H,6,8-12,15-16H2,(H,27,29,31). The van der Waals surface area contributed by atoms with Crippen LogP contribution in [0.5, 0.6) is 0 Å². The predicted molar refractivity (Wildman–Crippen MR) is 125 cm³/mol. The highest BCUT2D eigenvalue weighted by Gasteiger charge is 2.24. The van der Waals surface area contributed by atoms with E-state index in [0.717, 1.165) is 44.2 Å². The molecule has 0 amide bonds. The Morgan fingerprint density at radius 1 is 1.06 bits per heavy atom. The van der Waals surface area contributed by atoms with Gasteiger partial charge in [0.15, 0.2) is 5.69 Å². The Morgan fingerprint density at radius 3 is 2.65 bits per heavy atom. The lowest BCUT2D eigenvalue weighted by atomic mass is 10.2. The van der Waals surface area contributed by atoms with Crippen molar-refractivity contribution in [1.29, 1.82) is 5.26 Å². The van der Waals surface area contributed by atoms with Crippen LogP contribution in [-0.4, -0.2) is 70.4 Å². The zero-order chi connectivity index (χ0) is 23.3. The second-order valence-corrected chi connectivity index (χ2v) is 8.33. The van der Waals surface area contributed by atoms with E-state index in [2.05, 4.69) is 36.2 Å². The molecule has 174 valence electrons. The van der Waals surface area contributed by atoms with Crippen molar-refractivity contribution in [2.45, 2.75) is 19.1 Å². The van der Waals surface area contributed by atoms with Crippen molar-refractivity contribution >= 4 is 17.3 Å². The van der Waals surface area contributed by atoms with Crippen molar-refractivity contribution in [3.05, 3.63) is 54.1 Å². The summed E-state index contributed by atoms with van der Waals surface area (Å²) >= 11 is 0. The molecule has 3 aromatic rings. The van der Waals surface area contributed by atoms with E-state index >= 15 is 0 Å². The molecule has 1 N–H and O–H groups in total. The van der Waals surface area contributed by atoms with E-state index in [1.165, 1.54) is 0 Å². The second-order valence-electron chi connectivity index (χ2n) is 8.33. The maximum atomic E-state index is 13.6. The fourth-order valence-electron chi connectivity index (χ4n) is 4.14. The zero-order valence-electron chi connectivity index (χ0n) is 18.7. The Labute approximate surface area is 197 Å². The Kier molecular flexibility index (Phi) is 6.56. The van der Waals surface area contributed by atoms with Crippen LogP contribution in [0.4, 0.5) is 21.7 Å². The molecule has 2 aliphatic heterocycles. The van der Waals surface area contributed by atoms with E-state index in [0.29, 0.717) is 36.0 Å². The van der Waals surface area contributed by atoms with Gasteiger partial charge in [-0.25, -0.2) is 19.3 Å². The molecule has 0 radical (unpaired) electrons. The van der Waals surface area contributed by atoms with Crippen LogP contribution in [0.1, 0.15) is 17.8 Å². The summed E-state index contributed by atoms with van der Waals surface area (Å²) in [6.45, 7) is 5.02. The van der Waals surface area contributed by atoms with Crippen molar-refractivity contribution in [3.8, 4) is 17.5 Å². The topological polar surface area (TPSA) is 103 Å². The Morgan fingerprint density at radius 2 is 1.91 bits per heavy atom. The van der Waals surface area contributed by atoms with E-state index < -0.39 is 6.17 Å². The number of morpholine rings is 1. The summed E-state index contributed by atoms with van der Waals surface area (Å²) < 4.78 is 19.0. The maximum absolute atomic E-state index is 13.6. The van der Waals surface area contributed by atoms with Crippen molar-refractivity contribution < 1.29 is 9.13 Å². The van der Waals surface area contributed by atoms with Crippen LogP contribution in [0.3, 0.4) is 0 Å². The molecule has 5 rings (SSSR count). The van der Waals surface area contributed by atoms with Crippen molar-refractivity contribution in [2.24, 2.45) is 0 Å². The van der Waals surface area contributed by atoms with E-state index in [-0.39, 0.29) is 12.2 Å². The first-order valence-corrected chi connectivity index (χ1v) is 11.3. The number of anilines is 3. The van der Waals surface area contributed by atoms with Gasteiger partial charge in [-0.1, -0.05) is 0 Å². The molecular formula is C24H25FN8O. The number of hydrogen-bond acceptors (Lipinski definition) is 9. The molecule has 2 fully saturated rings. The Balaban J connectivity index is 1.28. The zero-order valence-corrected chi connectivity index (χ0v) is 18.7. The Hall–Kier alpha value is -3.68. The van der Waals surface area contributed by atoms with Crippen LogP contribution < -0.4 is 10.2 Å². The normalized spacial score (nSPS) is 18.6. The van der Waals surface area contributed by atoms with Crippen LogP contribution >= 0.6 is 0 Å². The van der Waals surface area contributed by atoms with E-state index in [1.54, 1.807) is 24.5 Å². The van der Waals surface area contributed by atoms with Crippen molar-refractivity contribution in [1.82, 2.24) is 24.8 Å². The molecule has 5 heterocycles. The van der Waals surface area contributed by atoms with Gasteiger partial charge in [-0.15, -0.1) is 0 Å². The third-order valence-corrected chi connectivity index (χ3v) is 5.94. The van der Waals surface area contributed by atoms with Gasteiger partial charge >= 0.3 is 0 Å². The number of nitrogens with zero attached hydrogens (tertiary/aromatic N) is 7. The fraction of sp³-hybridized carbons (Fsp3) is 0.375. The van der Waals surface area contributed by atoms with Gasteiger partial charge in [0.2, 0.25) is 5.95 Å². The summed E-state index contributed by atoms with van der Waals surface area (Å²) in [6.07, 6.45) is 3.00. The molecule has 0 saturated carbocycles. The van der Waals surface area contributed by atoms with Crippen molar-refractivity contribution in [3.63, 3.8) is 0 Å². The molecule has 0 aromatic carbocycles. The van der Waals surface area contributed by atoms with Crippen LogP contribution in [0, 0.1) is 11.3 Å². The highest BCUT2D eigenvalue weighted by molar-refractivity contribution is 5.65. The summed E-state index contributed by atoms with van der Waals surface area (Å²) in [5, 5.41) is 12.8. The van der Waals surface area contributed by atoms with Gasteiger partial charge in [0, 0.05) is 38.9 Å². The monoisotopic (exact) mass is 460 g/mol. The third kappa shape index (κ3) is 5.11. The molecule has 3 aromatic heterocycles. The summed E-state index contributed by atoms with van der Waals surface area (Å²) in [4.78, 5) is 22.0. The maximum Gasteiger partial charge on any atom is 0.227 e. The van der Waals surface area contributed by atoms with Crippen LogP contribution in [0.25, 0.3) is 11.4 Å².